The topological polar surface area (TPSA) is 66.4 Å². The fourth-order valence-electron chi connectivity index (χ4n) is 5.21. The maximum Gasteiger partial charge on any atom is 0.251 e. The van der Waals surface area contributed by atoms with Gasteiger partial charge in [0.2, 0.25) is 0 Å². The molecule has 1 amide bonds. The van der Waals surface area contributed by atoms with Crippen molar-refractivity contribution in [2.45, 2.75) is 51.0 Å². The summed E-state index contributed by atoms with van der Waals surface area (Å²) < 4.78 is 11.3. The molecule has 7 heteroatoms. The first kappa shape index (κ1) is 23.1. The van der Waals surface area contributed by atoms with Crippen molar-refractivity contribution in [1.82, 2.24) is 15.1 Å². The van der Waals surface area contributed by atoms with Crippen LogP contribution in [0.15, 0.2) is 29.3 Å². The van der Waals surface area contributed by atoms with E-state index in [0.29, 0.717) is 6.61 Å². The Hall–Kier alpha value is -2.12. The summed E-state index contributed by atoms with van der Waals surface area (Å²) in [4.78, 5) is 22.1. The maximum absolute atomic E-state index is 12.7. The summed E-state index contributed by atoms with van der Waals surface area (Å²) in [6, 6.07) is 8.71. The van der Waals surface area contributed by atoms with Crippen LogP contribution in [0.1, 0.15) is 43.7 Å². The molecule has 7 nitrogen and oxygen atoms in total. The third-order valence-electron chi connectivity index (χ3n) is 7.13. The van der Waals surface area contributed by atoms with Gasteiger partial charge in [-0.25, -0.2) is 0 Å². The van der Waals surface area contributed by atoms with Crippen LogP contribution in [0, 0.1) is 6.92 Å². The molecule has 176 valence electrons. The Morgan fingerprint density at radius 3 is 2.50 bits per heavy atom. The minimum Gasteiger partial charge on any atom is -0.381 e. The molecule has 0 saturated carbocycles. The number of rotatable bonds is 5. The van der Waals surface area contributed by atoms with Crippen molar-refractivity contribution in [2.75, 3.05) is 59.1 Å². The van der Waals surface area contributed by atoms with Gasteiger partial charge in [0.05, 0.1) is 6.54 Å². The van der Waals surface area contributed by atoms with E-state index in [1.54, 1.807) is 0 Å². The summed E-state index contributed by atoms with van der Waals surface area (Å²) in [6.45, 7) is 11.2. The number of piperazine rings is 1. The van der Waals surface area contributed by atoms with E-state index in [1.165, 1.54) is 11.1 Å². The zero-order valence-electron chi connectivity index (χ0n) is 19.6. The number of hydrogen-bond acceptors (Lipinski definition) is 4. The predicted octanol–water partition coefficient (Wildman–Crippen LogP) is 2.33. The fraction of sp³-hybridized carbons (Fsp3) is 0.680. The minimum atomic E-state index is -0.231. The molecule has 4 rings (SSSR count). The lowest BCUT2D eigenvalue weighted by atomic mass is 9.72. The van der Waals surface area contributed by atoms with Crippen molar-refractivity contribution in [2.24, 2.45) is 4.99 Å². The normalized spacial score (nSPS) is 23.9. The van der Waals surface area contributed by atoms with Gasteiger partial charge in [0.1, 0.15) is 6.10 Å². The molecule has 1 unspecified atom stereocenters. The van der Waals surface area contributed by atoms with Gasteiger partial charge in [-0.2, -0.15) is 0 Å². The Balaban J connectivity index is 1.45. The summed E-state index contributed by atoms with van der Waals surface area (Å²) in [5, 5.41) is 3.49. The molecule has 1 atom stereocenters. The van der Waals surface area contributed by atoms with E-state index in [4.69, 9.17) is 14.5 Å². The second kappa shape index (κ2) is 10.7. The van der Waals surface area contributed by atoms with Crippen LogP contribution >= 0.6 is 0 Å². The molecule has 0 aromatic heterocycles. The molecule has 0 radical (unpaired) electrons. The largest absolute Gasteiger partial charge is 0.381 e. The lowest BCUT2D eigenvalue weighted by Crippen LogP contribution is -2.55. The van der Waals surface area contributed by atoms with E-state index in [9.17, 15) is 4.79 Å². The number of ether oxygens (including phenoxy) is 2. The average molecular weight is 443 g/mol. The molecule has 0 spiro atoms. The van der Waals surface area contributed by atoms with Gasteiger partial charge < -0.3 is 24.6 Å². The Morgan fingerprint density at radius 1 is 1.12 bits per heavy atom. The molecule has 0 aliphatic carbocycles. The molecule has 32 heavy (non-hydrogen) atoms. The molecule has 3 aliphatic heterocycles. The van der Waals surface area contributed by atoms with Gasteiger partial charge in [-0.05, 0) is 50.7 Å². The van der Waals surface area contributed by atoms with E-state index in [2.05, 4.69) is 48.3 Å². The lowest BCUT2D eigenvalue weighted by molar-refractivity contribution is -0.142. The molecule has 1 aromatic carbocycles. The molecule has 1 aromatic rings. The molecular weight excluding hydrogens is 404 g/mol. The number of aliphatic imine (C=N–C) groups is 1. The highest BCUT2D eigenvalue weighted by Gasteiger charge is 2.36. The number of aryl methyl sites for hydroxylation is 1. The van der Waals surface area contributed by atoms with Crippen molar-refractivity contribution in [3.63, 3.8) is 0 Å². The SMILES string of the molecule is CCNC(=NCC1(c2ccccc2C)CCOCC1)N1CCN(C(=O)C2CCCO2)CC1. The van der Waals surface area contributed by atoms with Crippen LogP contribution in [0.4, 0.5) is 0 Å². The first-order valence-corrected chi connectivity index (χ1v) is 12.2. The van der Waals surface area contributed by atoms with Crippen molar-refractivity contribution < 1.29 is 14.3 Å². The van der Waals surface area contributed by atoms with Crippen molar-refractivity contribution >= 4 is 11.9 Å². The average Bonchev–Trinajstić information content (AvgIpc) is 3.37. The second-order valence-electron chi connectivity index (χ2n) is 9.19. The van der Waals surface area contributed by atoms with Gasteiger partial charge in [-0.1, -0.05) is 24.3 Å². The molecule has 3 aliphatic rings. The van der Waals surface area contributed by atoms with Gasteiger partial charge in [0.25, 0.3) is 5.91 Å². The van der Waals surface area contributed by atoms with Crippen LogP contribution < -0.4 is 5.32 Å². The molecule has 3 fully saturated rings. The van der Waals surface area contributed by atoms with Gasteiger partial charge in [-0.15, -0.1) is 0 Å². The van der Waals surface area contributed by atoms with Crippen LogP contribution in [0.3, 0.4) is 0 Å². The second-order valence-corrected chi connectivity index (χ2v) is 9.19. The zero-order valence-corrected chi connectivity index (χ0v) is 19.6. The van der Waals surface area contributed by atoms with Gasteiger partial charge in [0.15, 0.2) is 5.96 Å². The maximum atomic E-state index is 12.7. The molecular formula is C25H38N4O3. The van der Waals surface area contributed by atoms with Crippen molar-refractivity contribution in [3.8, 4) is 0 Å². The van der Waals surface area contributed by atoms with Gasteiger partial charge >= 0.3 is 0 Å². The molecule has 0 bridgehead atoms. The molecule has 3 heterocycles. The Kier molecular flexibility index (Phi) is 7.68. The summed E-state index contributed by atoms with van der Waals surface area (Å²) in [5.41, 5.74) is 2.74. The molecule has 1 N–H and O–H groups in total. The smallest absolute Gasteiger partial charge is 0.251 e. The monoisotopic (exact) mass is 442 g/mol. The van der Waals surface area contributed by atoms with Gasteiger partial charge in [0, 0.05) is 58.0 Å². The highest BCUT2D eigenvalue weighted by molar-refractivity contribution is 5.83. The number of guanidine groups is 1. The van der Waals surface area contributed by atoms with E-state index in [0.717, 1.165) is 84.1 Å². The van der Waals surface area contributed by atoms with E-state index in [-0.39, 0.29) is 17.4 Å². The van der Waals surface area contributed by atoms with E-state index < -0.39 is 0 Å². The summed E-state index contributed by atoms with van der Waals surface area (Å²) in [6.07, 6.45) is 3.59. The number of hydrogen-bond donors (Lipinski definition) is 1. The number of benzene rings is 1. The first-order chi connectivity index (χ1) is 15.6. The minimum absolute atomic E-state index is 0.0157. The first-order valence-electron chi connectivity index (χ1n) is 12.2. The van der Waals surface area contributed by atoms with Crippen LogP contribution in [0.5, 0.6) is 0 Å². The quantitative estimate of drug-likeness (QED) is 0.560. The molecule has 3 saturated heterocycles. The van der Waals surface area contributed by atoms with Crippen LogP contribution in [-0.2, 0) is 19.7 Å². The summed E-state index contributed by atoms with van der Waals surface area (Å²) in [7, 11) is 0. The highest BCUT2D eigenvalue weighted by atomic mass is 16.5. The van der Waals surface area contributed by atoms with Crippen molar-refractivity contribution in [3.05, 3.63) is 35.4 Å². The fourth-order valence-corrected chi connectivity index (χ4v) is 5.21. The van der Waals surface area contributed by atoms with E-state index >= 15 is 0 Å². The van der Waals surface area contributed by atoms with Crippen LogP contribution in [0.25, 0.3) is 0 Å². The summed E-state index contributed by atoms with van der Waals surface area (Å²) >= 11 is 0. The standard InChI is InChI=1S/C25H38N4O3/c1-3-26-24(29-14-12-28(13-15-29)23(30)22-9-6-16-32-22)27-19-25(10-17-31-18-11-25)21-8-5-4-7-20(21)2/h4-5,7-8,22H,3,6,9-19H2,1-2H3,(H,26,27). The number of carbonyl (C=O) groups is 1. The van der Waals surface area contributed by atoms with Gasteiger partial charge in [-0.3, -0.25) is 9.79 Å². The zero-order chi connectivity index (χ0) is 22.4. The Morgan fingerprint density at radius 2 is 1.84 bits per heavy atom. The van der Waals surface area contributed by atoms with Crippen molar-refractivity contribution in [1.29, 1.82) is 0 Å². The predicted molar refractivity (Wildman–Crippen MR) is 126 cm³/mol. The highest BCUT2D eigenvalue weighted by Crippen LogP contribution is 2.37. The number of nitrogens with zero attached hydrogens (tertiary/aromatic N) is 3. The third-order valence-corrected chi connectivity index (χ3v) is 7.13. The Bertz CT molecular complexity index is 792. The van der Waals surface area contributed by atoms with E-state index in [1.807, 2.05) is 4.90 Å². The van der Waals surface area contributed by atoms with Crippen LogP contribution in [-0.4, -0.2) is 86.9 Å². The Labute approximate surface area is 192 Å². The number of amides is 1. The lowest BCUT2D eigenvalue weighted by Gasteiger charge is -2.39. The third kappa shape index (κ3) is 5.09. The van der Waals surface area contributed by atoms with Crippen LogP contribution in [0.2, 0.25) is 0 Å². The number of nitrogens with one attached hydrogen (secondary N) is 1. The summed E-state index contributed by atoms with van der Waals surface area (Å²) in [5.74, 6) is 1.11. The number of carbonyl (C=O) groups excluding carboxylic acids is 1.